The van der Waals surface area contributed by atoms with Crippen LogP contribution in [0.1, 0.15) is 51.5 Å². The number of amides is 1. The van der Waals surface area contributed by atoms with Gasteiger partial charge < -0.3 is 10.6 Å². The largest absolute Gasteiger partial charge is 0.326 e. The van der Waals surface area contributed by atoms with Crippen LogP contribution < -0.4 is 10.6 Å². The Bertz CT molecular complexity index is 616. The average molecular weight is 347 g/mol. The van der Waals surface area contributed by atoms with E-state index < -0.39 is 4.92 Å². The highest BCUT2D eigenvalue weighted by atomic mass is 16.6. The summed E-state index contributed by atoms with van der Waals surface area (Å²) in [4.78, 5) is 22.7. The molecule has 0 aliphatic heterocycles. The number of rotatable bonds is 7. The summed E-state index contributed by atoms with van der Waals surface area (Å²) in [5.41, 5.74) is 1.02. The molecular weight excluding hydrogens is 318 g/mol. The zero-order valence-corrected chi connectivity index (χ0v) is 15.4. The minimum atomic E-state index is -0.429. The number of hydrogen-bond donors (Lipinski definition) is 2. The lowest BCUT2D eigenvalue weighted by Crippen LogP contribution is -2.41. The first-order valence-corrected chi connectivity index (χ1v) is 9.17. The van der Waals surface area contributed by atoms with Crippen molar-refractivity contribution in [2.24, 2.45) is 11.8 Å². The maximum atomic E-state index is 12.2. The Morgan fingerprint density at radius 3 is 2.72 bits per heavy atom. The Kier molecular flexibility index (Phi) is 6.93. The third-order valence-corrected chi connectivity index (χ3v) is 5.21. The fraction of sp³-hybridized carbons (Fsp3) is 0.632. The summed E-state index contributed by atoms with van der Waals surface area (Å²) in [5, 5.41) is 17.3. The van der Waals surface area contributed by atoms with Gasteiger partial charge in [-0.25, -0.2) is 0 Å². The van der Waals surface area contributed by atoms with Crippen molar-refractivity contribution in [3.8, 4) is 0 Å². The molecule has 6 nitrogen and oxygen atoms in total. The average Bonchev–Trinajstić information content (AvgIpc) is 2.56. The minimum Gasteiger partial charge on any atom is -0.326 e. The molecule has 1 aliphatic carbocycles. The molecule has 1 fully saturated rings. The number of anilines is 1. The van der Waals surface area contributed by atoms with E-state index >= 15 is 0 Å². The Morgan fingerprint density at radius 1 is 1.32 bits per heavy atom. The van der Waals surface area contributed by atoms with Crippen molar-refractivity contribution in [2.45, 2.75) is 58.9 Å². The molecule has 0 bridgehead atoms. The molecule has 2 rings (SSSR count). The normalized spacial score (nSPS) is 20.5. The summed E-state index contributed by atoms with van der Waals surface area (Å²) in [7, 11) is 0. The van der Waals surface area contributed by atoms with Crippen molar-refractivity contribution < 1.29 is 9.72 Å². The van der Waals surface area contributed by atoms with Crippen molar-refractivity contribution in [3.63, 3.8) is 0 Å². The topological polar surface area (TPSA) is 84.3 Å². The molecule has 1 aliphatic rings. The molecule has 1 aromatic rings. The first-order chi connectivity index (χ1) is 11.9. The first-order valence-electron chi connectivity index (χ1n) is 9.17. The fourth-order valence-electron chi connectivity index (χ4n) is 3.75. The molecule has 0 saturated heterocycles. The van der Waals surface area contributed by atoms with E-state index in [0.29, 0.717) is 42.1 Å². The van der Waals surface area contributed by atoms with Crippen LogP contribution in [0.3, 0.4) is 0 Å². The van der Waals surface area contributed by atoms with Crippen LogP contribution >= 0.6 is 0 Å². The molecule has 2 N–H and O–H groups in total. The highest BCUT2D eigenvalue weighted by Gasteiger charge is 2.27. The van der Waals surface area contributed by atoms with Crippen LogP contribution in [0, 0.1) is 28.9 Å². The van der Waals surface area contributed by atoms with Crippen LogP contribution in [-0.4, -0.2) is 23.4 Å². The number of carbonyl (C=O) groups is 1. The zero-order chi connectivity index (χ0) is 18.4. The predicted octanol–water partition coefficient (Wildman–Crippen LogP) is 4.04. The number of carbonyl (C=O) groups excluding carboxylic acids is 1. The Hall–Kier alpha value is -1.95. The number of nitrogens with one attached hydrogen (secondary N) is 2. The molecule has 1 saturated carbocycles. The number of hydrogen-bond acceptors (Lipinski definition) is 4. The van der Waals surface area contributed by atoms with Crippen molar-refractivity contribution in [3.05, 3.63) is 33.9 Å². The second kappa shape index (κ2) is 8.94. The third-order valence-electron chi connectivity index (χ3n) is 5.21. The van der Waals surface area contributed by atoms with Crippen molar-refractivity contribution in [1.82, 2.24) is 5.32 Å². The lowest BCUT2D eigenvalue weighted by atomic mass is 9.78. The van der Waals surface area contributed by atoms with Gasteiger partial charge in [-0.3, -0.25) is 14.9 Å². The maximum Gasteiger partial charge on any atom is 0.274 e. The summed E-state index contributed by atoms with van der Waals surface area (Å²) < 4.78 is 0. The Balaban J connectivity index is 1.85. The van der Waals surface area contributed by atoms with Crippen LogP contribution in [0.15, 0.2) is 18.2 Å². The summed E-state index contributed by atoms with van der Waals surface area (Å²) >= 11 is 0. The molecule has 6 heteroatoms. The third kappa shape index (κ3) is 5.26. The molecule has 0 heterocycles. The van der Waals surface area contributed by atoms with Gasteiger partial charge >= 0.3 is 0 Å². The number of benzene rings is 1. The van der Waals surface area contributed by atoms with E-state index in [1.807, 2.05) is 0 Å². The van der Waals surface area contributed by atoms with Gasteiger partial charge in [0.1, 0.15) is 0 Å². The molecule has 2 atom stereocenters. The number of nitrogens with zero attached hydrogens (tertiary/aromatic N) is 1. The molecular formula is C19H29N3O3. The monoisotopic (exact) mass is 347 g/mol. The highest BCUT2D eigenvalue weighted by molar-refractivity contribution is 5.92. The van der Waals surface area contributed by atoms with Crippen LogP contribution in [0.25, 0.3) is 0 Å². The minimum absolute atomic E-state index is 0.0258. The first kappa shape index (κ1) is 19.4. The van der Waals surface area contributed by atoms with E-state index in [2.05, 4.69) is 24.5 Å². The van der Waals surface area contributed by atoms with Crippen LogP contribution in [-0.2, 0) is 4.79 Å². The summed E-state index contributed by atoms with van der Waals surface area (Å²) in [6, 6.07) is 5.22. The molecule has 138 valence electrons. The molecule has 1 aromatic carbocycles. The van der Waals surface area contributed by atoms with E-state index in [1.165, 1.54) is 31.7 Å². The van der Waals surface area contributed by atoms with Gasteiger partial charge in [-0.05, 0) is 37.7 Å². The summed E-state index contributed by atoms with van der Waals surface area (Å²) in [6.45, 7) is 6.82. The predicted molar refractivity (Wildman–Crippen MR) is 99.7 cm³/mol. The Morgan fingerprint density at radius 2 is 2.04 bits per heavy atom. The van der Waals surface area contributed by atoms with Crippen LogP contribution in [0.4, 0.5) is 11.4 Å². The smallest absolute Gasteiger partial charge is 0.274 e. The van der Waals surface area contributed by atoms with E-state index in [4.69, 9.17) is 0 Å². The summed E-state index contributed by atoms with van der Waals surface area (Å²) in [6.07, 6.45) is 5.35. The molecule has 0 radical (unpaired) electrons. The SMILES string of the molecule is Cc1c(NC(=O)CCN[C@@H]2CCCC[C@H]2C(C)C)cccc1[N+](=O)[O-]. The highest BCUT2D eigenvalue weighted by Crippen LogP contribution is 2.30. The van der Waals surface area contributed by atoms with Gasteiger partial charge in [0.25, 0.3) is 5.69 Å². The maximum absolute atomic E-state index is 12.2. The van der Waals surface area contributed by atoms with Crippen LogP contribution in [0.5, 0.6) is 0 Å². The molecule has 1 amide bonds. The second-order valence-electron chi connectivity index (χ2n) is 7.26. The number of nitro groups is 1. The molecule has 0 spiro atoms. The fourth-order valence-corrected chi connectivity index (χ4v) is 3.75. The van der Waals surface area contributed by atoms with Gasteiger partial charge in [0.15, 0.2) is 0 Å². The molecule has 25 heavy (non-hydrogen) atoms. The van der Waals surface area contributed by atoms with Crippen LogP contribution in [0.2, 0.25) is 0 Å². The van der Waals surface area contributed by atoms with Gasteiger partial charge in [-0.1, -0.05) is 32.8 Å². The van der Waals surface area contributed by atoms with Gasteiger partial charge in [-0.15, -0.1) is 0 Å². The van der Waals surface area contributed by atoms with Gasteiger partial charge in [0.2, 0.25) is 5.91 Å². The molecule has 0 aromatic heterocycles. The van der Waals surface area contributed by atoms with Crippen molar-refractivity contribution in [2.75, 3.05) is 11.9 Å². The lowest BCUT2D eigenvalue weighted by Gasteiger charge is -2.35. The van der Waals surface area contributed by atoms with E-state index in [-0.39, 0.29) is 11.6 Å². The van der Waals surface area contributed by atoms with Gasteiger partial charge in [0, 0.05) is 25.1 Å². The van der Waals surface area contributed by atoms with Gasteiger partial charge in [0.05, 0.1) is 16.2 Å². The van der Waals surface area contributed by atoms with E-state index in [9.17, 15) is 14.9 Å². The standard InChI is InChI=1S/C19H29N3O3/c1-13(2)15-7-4-5-8-17(15)20-12-11-19(23)21-16-9-6-10-18(14(16)3)22(24)25/h6,9-10,13,15,17,20H,4-5,7-8,11-12H2,1-3H3,(H,21,23)/t15-,17+/m0/s1. The summed E-state index contributed by atoms with van der Waals surface area (Å²) in [5.74, 6) is 1.21. The second-order valence-corrected chi connectivity index (χ2v) is 7.26. The number of nitro benzene ring substituents is 1. The van der Waals surface area contributed by atoms with Crippen molar-refractivity contribution in [1.29, 1.82) is 0 Å². The zero-order valence-electron chi connectivity index (χ0n) is 15.4. The quantitative estimate of drug-likeness (QED) is 0.576. The molecule has 0 unspecified atom stereocenters. The van der Waals surface area contributed by atoms with E-state index in [0.717, 1.165) is 0 Å². The van der Waals surface area contributed by atoms with Gasteiger partial charge in [-0.2, -0.15) is 0 Å². The van der Waals surface area contributed by atoms with Crippen molar-refractivity contribution >= 4 is 17.3 Å². The van der Waals surface area contributed by atoms with E-state index in [1.54, 1.807) is 19.1 Å². The Labute approximate surface area is 149 Å². The lowest BCUT2D eigenvalue weighted by molar-refractivity contribution is -0.385.